The lowest BCUT2D eigenvalue weighted by molar-refractivity contribution is 0.413. The van der Waals surface area contributed by atoms with Gasteiger partial charge >= 0.3 is 0 Å². The number of fused-ring (bicyclic) bond motifs is 2. The molecule has 5 heterocycles. The van der Waals surface area contributed by atoms with Crippen LogP contribution >= 0.6 is 0 Å². The van der Waals surface area contributed by atoms with Crippen LogP contribution in [0.15, 0.2) is 73.4 Å². The molecular weight excluding hydrogens is 402 g/mol. The van der Waals surface area contributed by atoms with Gasteiger partial charge in [0.15, 0.2) is 5.82 Å². The van der Waals surface area contributed by atoms with Crippen LogP contribution in [0.25, 0.3) is 55.8 Å². The predicted octanol–water partition coefficient (Wildman–Crippen LogP) is 4.63. The van der Waals surface area contributed by atoms with E-state index in [1.165, 1.54) is 0 Å². The van der Waals surface area contributed by atoms with E-state index in [0.29, 0.717) is 11.6 Å². The van der Waals surface area contributed by atoms with E-state index in [2.05, 4.69) is 30.1 Å². The van der Waals surface area contributed by atoms with Crippen LogP contribution in [0.1, 0.15) is 0 Å². The monoisotopic (exact) mass is 419 g/mol. The average Bonchev–Trinajstić information content (AvgIpc) is 3.48. The van der Waals surface area contributed by atoms with Crippen molar-refractivity contribution in [2.45, 2.75) is 0 Å². The third kappa shape index (κ3) is 2.97. The van der Waals surface area contributed by atoms with Crippen molar-refractivity contribution in [3.63, 3.8) is 0 Å². The number of pyridine rings is 3. The maximum atomic E-state index is 5.29. The van der Waals surface area contributed by atoms with E-state index in [9.17, 15) is 0 Å². The molecule has 2 N–H and O–H groups in total. The van der Waals surface area contributed by atoms with Gasteiger partial charge in [-0.25, -0.2) is 4.98 Å². The number of hydrogen-bond acceptors (Lipinski definition) is 6. The highest BCUT2D eigenvalue weighted by atomic mass is 16.5. The van der Waals surface area contributed by atoms with Crippen LogP contribution < -0.4 is 4.74 Å². The van der Waals surface area contributed by atoms with Crippen molar-refractivity contribution < 1.29 is 4.74 Å². The number of aromatic amines is 2. The van der Waals surface area contributed by atoms with Gasteiger partial charge in [0.2, 0.25) is 0 Å². The Hall–Kier alpha value is -4.59. The summed E-state index contributed by atoms with van der Waals surface area (Å²) in [5, 5.41) is 8.49. The van der Waals surface area contributed by atoms with Gasteiger partial charge in [0.1, 0.15) is 11.4 Å². The summed E-state index contributed by atoms with van der Waals surface area (Å²) in [5.74, 6) is 1.36. The second kappa shape index (κ2) is 7.28. The van der Waals surface area contributed by atoms with Crippen molar-refractivity contribution in [1.82, 2.24) is 35.1 Å². The normalized spacial score (nSPS) is 11.3. The fraction of sp³-hybridized carbons (Fsp3) is 0.0417. The molecule has 32 heavy (non-hydrogen) atoms. The Balaban J connectivity index is 1.50. The lowest BCUT2D eigenvalue weighted by Gasteiger charge is -2.03. The van der Waals surface area contributed by atoms with E-state index in [-0.39, 0.29) is 0 Å². The van der Waals surface area contributed by atoms with E-state index >= 15 is 0 Å². The van der Waals surface area contributed by atoms with Gasteiger partial charge in [0.05, 0.1) is 41.7 Å². The number of ether oxygens (including phenoxy) is 1. The summed E-state index contributed by atoms with van der Waals surface area (Å²) < 4.78 is 5.29. The van der Waals surface area contributed by atoms with Gasteiger partial charge in [0.25, 0.3) is 0 Å². The van der Waals surface area contributed by atoms with Crippen molar-refractivity contribution in [2.75, 3.05) is 7.11 Å². The maximum absolute atomic E-state index is 5.29. The van der Waals surface area contributed by atoms with Gasteiger partial charge in [-0.1, -0.05) is 18.2 Å². The first-order valence-electron chi connectivity index (χ1n) is 10.0. The molecule has 0 aliphatic heterocycles. The molecule has 1 aromatic carbocycles. The topological polar surface area (TPSA) is 105 Å². The molecule has 0 radical (unpaired) electrons. The minimum Gasteiger partial charge on any atom is -0.495 e. The number of imidazole rings is 1. The Morgan fingerprint density at radius 1 is 0.875 bits per heavy atom. The predicted molar refractivity (Wildman–Crippen MR) is 122 cm³/mol. The Labute approximate surface area is 182 Å². The molecule has 0 fully saturated rings. The average molecular weight is 419 g/mol. The van der Waals surface area contributed by atoms with Gasteiger partial charge in [-0.3, -0.25) is 20.1 Å². The van der Waals surface area contributed by atoms with Crippen molar-refractivity contribution in [3.8, 4) is 39.7 Å². The molecule has 5 aromatic heterocycles. The van der Waals surface area contributed by atoms with Crippen molar-refractivity contribution in [3.05, 3.63) is 73.4 Å². The van der Waals surface area contributed by atoms with E-state index in [0.717, 1.165) is 50.0 Å². The van der Waals surface area contributed by atoms with Crippen molar-refractivity contribution in [1.29, 1.82) is 0 Å². The largest absolute Gasteiger partial charge is 0.495 e. The highest BCUT2D eigenvalue weighted by molar-refractivity contribution is 5.97. The fourth-order valence-corrected chi connectivity index (χ4v) is 3.82. The number of rotatable bonds is 4. The van der Waals surface area contributed by atoms with E-state index < -0.39 is 0 Å². The van der Waals surface area contributed by atoms with Gasteiger partial charge in [-0.2, -0.15) is 5.10 Å². The smallest absolute Gasteiger partial charge is 0.159 e. The summed E-state index contributed by atoms with van der Waals surface area (Å²) in [5.41, 5.74) is 7.03. The third-order valence-corrected chi connectivity index (χ3v) is 5.40. The van der Waals surface area contributed by atoms with Crippen LogP contribution in [0.2, 0.25) is 0 Å². The summed E-state index contributed by atoms with van der Waals surface area (Å²) in [7, 11) is 1.62. The number of hydrogen-bond donors (Lipinski definition) is 2. The van der Waals surface area contributed by atoms with E-state index in [4.69, 9.17) is 9.72 Å². The highest BCUT2D eigenvalue weighted by Gasteiger charge is 2.16. The Kier molecular flexibility index (Phi) is 4.14. The molecule has 154 valence electrons. The van der Waals surface area contributed by atoms with Crippen LogP contribution in [0.3, 0.4) is 0 Å². The molecule has 0 saturated carbocycles. The minimum atomic E-state index is 0.678. The molecule has 8 nitrogen and oxygen atoms in total. The Morgan fingerprint density at radius 3 is 2.69 bits per heavy atom. The lowest BCUT2D eigenvalue weighted by atomic mass is 10.1. The van der Waals surface area contributed by atoms with E-state index in [1.807, 2.05) is 48.7 Å². The zero-order chi connectivity index (χ0) is 21.5. The summed E-state index contributed by atoms with van der Waals surface area (Å²) in [6, 6.07) is 13.9. The molecule has 0 spiro atoms. The molecule has 6 aromatic rings. The standard InChI is InChI=1S/C24H17N7O/c1-32-16-8-15(11-26-12-16)20-9-18-21(13-27-20)30-31-23(18)24-28-19-6-2-5-17(22(19)29-24)14-4-3-7-25-10-14/h2-13H,1H3,(H,28,29)(H,30,31). The number of H-pyrrole nitrogens is 2. The number of methoxy groups -OCH3 is 1. The third-order valence-electron chi connectivity index (χ3n) is 5.40. The molecule has 0 saturated heterocycles. The SMILES string of the molecule is COc1cncc(-c2cc3c(-c4nc5c(-c6cccnc6)cccc5[nH]4)n[nH]c3cn2)c1. The number of nitrogens with zero attached hydrogens (tertiary/aromatic N) is 5. The first kappa shape index (κ1) is 18.2. The van der Waals surface area contributed by atoms with Crippen LogP contribution in [-0.2, 0) is 0 Å². The zero-order valence-corrected chi connectivity index (χ0v) is 17.1. The minimum absolute atomic E-state index is 0.678. The van der Waals surface area contributed by atoms with Crippen molar-refractivity contribution >= 4 is 21.9 Å². The molecule has 8 heteroatoms. The summed E-state index contributed by atoms with van der Waals surface area (Å²) in [6.07, 6.45) is 8.80. The molecular formula is C24H17N7O. The first-order chi connectivity index (χ1) is 15.8. The molecule has 0 atom stereocenters. The molecule has 0 aliphatic carbocycles. The number of nitrogens with one attached hydrogen (secondary N) is 2. The van der Waals surface area contributed by atoms with Gasteiger partial charge in [0, 0.05) is 40.7 Å². The summed E-state index contributed by atoms with van der Waals surface area (Å²) in [4.78, 5) is 21.3. The molecule has 0 unspecified atom stereocenters. The second-order valence-corrected chi connectivity index (χ2v) is 7.33. The van der Waals surface area contributed by atoms with Crippen LogP contribution in [0.4, 0.5) is 0 Å². The maximum Gasteiger partial charge on any atom is 0.159 e. The summed E-state index contributed by atoms with van der Waals surface area (Å²) >= 11 is 0. The summed E-state index contributed by atoms with van der Waals surface area (Å²) in [6.45, 7) is 0. The molecule has 0 amide bonds. The fourth-order valence-electron chi connectivity index (χ4n) is 3.82. The quantitative estimate of drug-likeness (QED) is 0.431. The van der Waals surface area contributed by atoms with Gasteiger partial charge in [-0.15, -0.1) is 0 Å². The van der Waals surface area contributed by atoms with Crippen molar-refractivity contribution in [2.24, 2.45) is 0 Å². The Morgan fingerprint density at radius 2 is 1.81 bits per heavy atom. The Bertz CT molecular complexity index is 1570. The van der Waals surface area contributed by atoms with Crippen LogP contribution in [0, 0.1) is 0 Å². The number of aromatic nitrogens is 7. The lowest BCUT2D eigenvalue weighted by Crippen LogP contribution is -1.89. The molecule has 6 rings (SSSR count). The van der Waals surface area contributed by atoms with E-state index in [1.54, 1.807) is 31.9 Å². The molecule has 0 bridgehead atoms. The number of para-hydroxylation sites is 1. The van der Waals surface area contributed by atoms with Crippen LogP contribution in [0.5, 0.6) is 5.75 Å². The van der Waals surface area contributed by atoms with Gasteiger partial charge in [-0.05, 0) is 24.3 Å². The zero-order valence-electron chi connectivity index (χ0n) is 17.1. The molecule has 0 aliphatic rings. The highest BCUT2D eigenvalue weighted by Crippen LogP contribution is 2.32. The van der Waals surface area contributed by atoms with Gasteiger partial charge < -0.3 is 9.72 Å². The number of benzene rings is 1. The van der Waals surface area contributed by atoms with Crippen LogP contribution in [-0.4, -0.2) is 42.2 Å². The second-order valence-electron chi connectivity index (χ2n) is 7.33. The first-order valence-corrected chi connectivity index (χ1v) is 10.0.